The minimum atomic E-state index is -0.0778. The summed E-state index contributed by atoms with van der Waals surface area (Å²) < 4.78 is 5.57. The molecule has 0 aromatic heterocycles. The second kappa shape index (κ2) is 6.57. The summed E-state index contributed by atoms with van der Waals surface area (Å²) in [6.07, 6.45) is 17.5. The fraction of sp³-hybridized carbons (Fsp3) is 0.957. The van der Waals surface area contributed by atoms with Crippen molar-refractivity contribution >= 4 is 5.97 Å². The molecule has 0 heterocycles. The maximum Gasteiger partial charge on any atom is 0.302 e. The Kier molecular flexibility index (Phi) is 4.37. The van der Waals surface area contributed by atoms with E-state index in [0.29, 0.717) is 0 Å². The van der Waals surface area contributed by atoms with Gasteiger partial charge in [-0.2, -0.15) is 0 Å². The van der Waals surface area contributed by atoms with Crippen LogP contribution in [0, 0.1) is 47.3 Å². The molecule has 0 amide bonds. The molecule has 25 heavy (non-hydrogen) atoms. The largest absolute Gasteiger partial charge is 0.463 e. The zero-order valence-corrected chi connectivity index (χ0v) is 16.0. The molecule has 0 radical (unpaired) electrons. The molecule has 5 aliphatic carbocycles. The Hall–Kier alpha value is -0.530. The Balaban J connectivity index is 1.28. The third kappa shape index (κ3) is 2.86. The molecule has 140 valence electrons. The summed E-state index contributed by atoms with van der Waals surface area (Å²) >= 11 is 0. The maximum absolute atomic E-state index is 11.3. The van der Waals surface area contributed by atoms with Gasteiger partial charge in [0.05, 0.1) is 0 Å². The lowest BCUT2D eigenvalue weighted by Crippen LogP contribution is -2.49. The maximum atomic E-state index is 11.3. The quantitative estimate of drug-likeness (QED) is 0.579. The number of esters is 1. The van der Waals surface area contributed by atoms with Crippen LogP contribution in [0.4, 0.5) is 0 Å². The van der Waals surface area contributed by atoms with Gasteiger partial charge in [0.25, 0.3) is 0 Å². The monoisotopic (exact) mass is 344 g/mol. The Bertz CT molecular complexity index is 514. The summed E-state index contributed by atoms with van der Waals surface area (Å²) in [6.45, 7) is 1.57. The van der Waals surface area contributed by atoms with Crippen LogP contribution in [0.25, 0.3) is 0 Å². The minimum Gasteiger partial charge on any atom is -0.463 e. The van der Waals surface area contributed by atoms with Crippen molar-refractivity contribution in [1.29, 1.82) is 0 Å². The third-order valence-corrected chi connectivity index (χ3v) is 9.37. The Morgan fingerprint density at radius 2 is 1.20 bits per heavy atom. The van der Waals surface area contributed by atoms with Gasteiger partial charge in [0.2, 0.25) is 0 Å². The molecule has 5 fully saturated rings. The van der Waals surface area contributed by atoms with Crippen LogP contribution in [0.1, 0.15) is 84.0 Å². The van der Waals surface area contributed by atoms with Gasteiger partial charge in [0, 0.05) is 6.92 Å². The standard InChI is InChI=1S/C23H36O2/c1-14(24)25-17-7-10-19-16(13-17)6-9-23-21(19)12-11-20-18-4-2-3-15(18)5-8-22(20)23/h15-23H,2-13H2,1H3. The number of fused-ring (bicyclic) bond motifs is 7. The average molecular weight is 345 g/mol. The van der Waals surface area contributed by atoms with E-state index in [1.807, 2.05) is 0 Å². The van der Waals surface area contributed by atoms with Crippen LogP contribution < -0.4 is 0 Å². The first kappa shape index (κ1) is 16.6. The van der Waals surface area contributed by atoms with Gasteiger partial charge in [-0.15, -0.1) is 0 Å². The van der Waals surface area contributed by atoms with Crippen molar-refractivity contribution in [2.45, 2.75) is 90.1 Å². The molecular weight excluding hydrogens is 308 g/mol. The summed E-state index contributed by atoms with van der Waals surface area (Å²) in [7, 11) is 0. The molecule has 0 aliphatic heterocycles. The first-order valence-electron chi connectivity index (χ1n) is 11.4. The van der Waals surface area contributed by atoms with Gasteiger partial charge in [-0.05, 0) is 112 Å². The Labute approximate surface area is 153 Å². The number of hydrogen-bond acceptors (Lipinski definition) is 2. The van der Waals surface area contributed by atoms with Crippen LogP contribution in [0.15, 0.2) is 0 Å². The number of carbonyl (C=O) groups excluding carboxylic acids is 1. The van der Waals surface area contributed by atoms with Crippen LogP contribution in [0.3, 0.4) is 0 Å². The van der Waals surface area contributed by atoms with E-state index in [1.54, 1.807) is 39.0 Å². The van der Waals surface area contributed by atoms with Crippen molar-refractivity contribution in [3.05, 3.63) is 0 Å². The molecule has 0 spiro atoms. The first-order valence-corrected chi connectivity index (χ1v) is 11.4. The van der Waals surface area contributed by atoms with Crippen molar-refractivity contribution in [2.75, 3.05) is 0 Å². The Morgan fingerprint density at radius 1 is 0.640 bits per heavy atom. The van der Waals surface area contributed by atoms with E-state index in [9.17, 15) is 4.79 Å². The van der Waals surface area contributed by atoms with Crippen LogP contribution in [-0.4, -0.2) is 12.1 Å². The zero-order valence-electron chi connectivity index (χ0n) is 16.0. The number of hydrogen-bond donors (Lipinski definition) is 0. The highest BCUT2D eigenvalue weighted by Gasteiger charge is 2.52. The summed E-state index contributed by atoms with van der Waals surface area (Å²) in [5.41, 5.74) is 0. The highest BCUT2D eigenvalue weighted by Crippen LogP contribution is 2.61. The highest BCUT2D eigenvalue weighted by molar-refractivity contribution is 5.66. The topological polar surface area (TPSA) is 26.3 Å². The molecule has 9 atom stereocenters. The van der Waals surface area contributed by atoms with E-state index in [4.69, 9.17) is 4.74 Å². The van der Waals surface area contributed by atoms with Gasteiger partial charge in [-0.25, -0.2) is 0 Å². The second-order valence-corrected chi connectivity index (χ2v) is 10.2. The molecule has 5 rings (SSSR count). The lowest BCUT2D eigenvalue weighted by molar-refractivity contribution is -0.152. The van der Waals surface area contributed by atoms with Gasteiger partial charge < -0.3 is 4.74 Å². The van der Waals surface area contributed by atoms with Crippen molar-refractivity contribution in [3.63, 3.8) is 0 Å². The van der Waals surface area contributed by atoms with Crippen molar-refractivity contribution < 1.29 is 9.53 Å². The highest BCUT2D eigenvalue weighted by atomic mass is 16.5. The van der Waals surface area contributed by atoms with E-state index >= 15 is 0 Å². The number of rotatable bonds is 1. The smallest absolute Gasteiger partial charge is 0.302 e. The van der Waals surface area contributed by atoms with Crippen molar-refractivity contribution in [1.82, 2.24) is 0 Å². The summed E-state index contributed by atoms with van der Waals surface area (Å²) in [4.78, 5) is 11.3. The van der Waals surface area contributed by atoms with E-state index in [1.165, 1.54) is 32.1 Å². The summed E-state index contributed by atoms with van der Waals surface area (Å²) in [6, 6.07) is 0. The van der Waals surface area contributed by atoms with Gasteiger partial charge in [-0.3, -0.25) is 4.79 Å². The number of ether oxygens (including phenoxy) is 1. The SMILES string of the molecule is CC(=O)OC1CCC2C(CCC3C2CCC2C4CCCC4CCC23)C1. The van der Waals surface area contributed by atoms with Crippen LogP contribution in [0.2, 0.25) is 0 Å². The average Bonchev–Trinajstić information content (AvgIpc) is 3.09. The lowest BCUT2D eigenvalue weighted by Gasteiger charge is -2.56. The molecule has 2 nitrogen and oxygen atoms in total. The predicted octanol–water partition coefficient (Wildman–Crippen LogP) is 5.60. The van der Waals surface area contributed by atoms with Gasteiger partial charge in [0.1, 0.15) is 6.10 Å². The molecular formula is C23H36O2. The van der Waals surface area contributed by atoms with Crippen LogP contribution in [-0.2, 0) is 9.53 Å². The fourth-order valence-corrected chi connectivity index (χ4v) is 8.65. The molecule has 5 aliphatic rings. The summed E-state index contributed by atoms with van der Waals surface area (Å²) in [5, 5.41) is 0. The molecule has 0 aromatic carbocycles. The first-order chi connectivity index (χ1) is 12.2. The molecule has 2 heteroatoms. The van der Waals surface area contributed by atoms with Gasteiger partial charge >= 0.3 is 5.97 Å². The van der Waals surface area contributed by atoms with E-state index < -0.39 is 0 Å². The molecule has 5 saturated carbocycles. The zero-order chi connectivity index (χ0) is 17.0. The molecule has 9 unspecified atom stereocenters. The minimum absolute atomic E-state index is 0.0778. The lowest BCUT2D eigenvalue weighted by atomic mass is 9.49. The fourth-order valence-electron chi connectivity index (χ4n) is 8.65. The Morgan fingerprint density at radius 3 is 1.92 bits per heavy atom. The molecule has 0 aromatic rings. The van der Waals surface area contributed by atoms with E-state index in [-0.39, 0.29) is 12.1 Å². The molecule has 0 saturated heterocycles. The van der Waals surface area contributed by atoms with Crippen molar-refractivity contribution in [3.8, 4) is 0 Å². The van der Waals surface area contributed by atoms with E-state index in [0.717, 1.165) is 60.2 Å². The van der Waals surface area contributed by atoms with Gasteiger partial charge in [0.15, 0.2) is 0 Å². The van der Waals surface area contributed by atoms with Crippen LogP contribution >= 0.6 is 0 Å². The van der Waals surface area contributed by atoms with E-state index in [2.05, 4.69) is 0 Å². The normalized spacial score (nSPS) is 51.6. The predicted molar refractivity (Wildman–Crippen MR) is 98.9 cm³/mol. The van der Waals surface area contributed by atoms with Gasteiger partial charge in [-0.1, -0.05) is 12.8 Å². The van der Waals surface area contributed by atoms with Crippen LogP contribution in [0.5, 0.6) is 0 Å². The second-order valence-electron chi connectivity index (χ2n) is 10.2. The third-order valence-electron chi connectivity index (χ3n) is 9.37. The molecule has 0 bridgehead atoms. The molecule has 0 N–H and O–H groups in total. The number of carbonyl (C=O) groups is 1. The van der Waals surface area contributed by atoms with Crippen molar-refractivity contribution in [2.24, 2.45) is 47.3 Å². The summed E-state index contributed by atoms with van der Waals surface area (Å²) in [5.74, 6) is 8.16.